The van der Waals surface area contributed by atoms with Crippen LogP contribution in [0.25, 0.3) is 0 Å². The normalized spacial score (nSPS) is 10.3. The fourth-order valence-corrected chi connectivity index (χ4v) is 2.93. The predicted molar refractivity (Wildman–Crippen MR) is 111 cm³/mol. The number of hydrogen-bond acceptors (Lipinski definition) is 3. The number of benzene rings is 3. The van der Waals surface area contributed by atoms with E-state index in [2.05, 4.69) is 21.2 Å². The third-order valence-electron chi connectivity index (χ3n) is 3.84. The second-order valence-electron chi connectivity index (χ2n) is 5.73. The molecule has 0 aliphatic carbocycles. The Balaban J connectivity index is 1.75. The van der Waals surface area contributed by atoms with Crippen LogP contribution in [-0.2, 0) is 6.61 Å². The van der Waals surface area contributed by atoms with Crippen molar-refractivity contribution in [2.45, 2.75) is 6.61 Å². The third kappa shape index (κ3) is 5.25. The maximum Gasteiger partial charge on any atom is 0.255 e. The highest BCUT2D eigenvalue weighted by molar-refractivity contribution is 9.10. The zero-order valence-corrected chi connectivity index (χ0v) is 16.9. The highest BCUT2D eigenvalue weighted by atomic mass is 79.9. The number of methoxy groups -OCH3 is 1. The lowest BCUT2D eigenvalue weighted by Gasteiger charge is -2.12. The minimum atomic E-state index is -0.205. The van der Waals surface area contributed by atoms with Crippen molar-refractivity contribution in [1.29, 1.82) is 0 Å². The molecule has 0 unspecified atom stereocenters. The predicted octanol–water partition coefficient (Wildman–Crippen LogP) is 5.94. The van der Waals surface area contributed by atoms with Gasteiger partial charge in [0.05, 0.1) is 7.11 Å². The maximum atomic E-state index is 12.5. The van der Waals surface area contributed by atoms with Crippen LogP contribution in [0, 0.1) is 0 Å². The van der Waals surface area contributed by atoms with E-state index in [0.29, 0.717) is 22.1 Å². The maximum absolute atomic E-state index is 12.5. The molecule has 3 rings (SSSR count). The molecule has 4 nitrogen and oxygen atoms in total. The van der Waals surface area contributed by atoms with Gasteiger partial charge in [0, 0.05) is 26.3 Å². The number of amides is 1. The van der Waals surface area contributed by atoms with Gasteiger partial charge in [-0.05, 0) is 60.7 Å². The molecule has 0 aliphatic heterocycles. The number of hydrogen-bond donors (Lipinski definition) is 1. The lowest BCUT2D eigenvalue weighted by molar-refractivity contribution is 0.102. The zero-order chi connectivity index (χ0) is 19.2. The molecule has 1 N–H and O–H groups in total. The molecular weight excluding hydrogens is 430 g/mol. The van der Waals surface area contributed by atoms with Crippen molar-refractivity contribution in [3.63, 3.8) is 0 Å². The van der Waals surface area contributed by atoms with Gasteiger partial charge in [0.25, 0.3) is 5.91 Å². The summed E-state index contributed by atoms with van der Waals surface area (Å²) in [7, 11) is 1.58. The molecule has 0 saturated carbocycles. The van der Waals surface area contributed by atoms with Crippen molar-refractivity contribution >= 4 is 39.1 Å². The summed E-state index contributed by atoms with van der Waals surface area (Å²) in [5.74, 6) is 1.09. The van der Waals surface area contributed by atoms with Gasteiger partial charge in [0.15, 0.2) is 0 Å². The van der Waals surface area contributed by atoms with Gasteiger partial charge >= 0.3 is 0 Å². The average Bonchev–Trinajstić information content (AvgIpc) is 2.68. The van der Waals surface area contributed by atoms with Gasteiger partial charge in [0.1, 0.15) is 18.1 Å². The van der Waals surface area contributed by atoms with Crippen molar-refractivity contribution in [3.05, 3.63) is 87.4 Å². The molecule has 0 radical (unpaired) electrons. The molecule has 27 heavy (non-hydrogen) atoms. The van der Waals surface area contributed by atoms with Crippen LogP contribution in [-0.4, -0.2) is 13.0 Å². The first-order chi connectivity index (χ1) is 13.0. The molecule has 3 aromatic rings. The summed E-state index contributed by atoms with van der Waals surface area (Å²) in [6.07, 6.45) is 0. The highest BCUT2D eigenvalue weighted by Crippen LogP contribution is 2.24. The van der Waals surface area contributed by atoms with Crippen LogP contribution in [0.1, 0.15) is 15.9 Å². The van der Waals surface area contributed by atoms with Gasteiger partial charge in [-0.25, -0.2) is 0 Å². The van der Waals surface area contributed by atoms with Gasteiger partial charge in [-0.1, -0.05) is 33.6 Å². The Morgan fingerprint density at radius 3 is 2.56 bits per heavy atom. The summed E-state index contributed by atoms with van der Waals surface area (Å²) < 4.78 is 12.1. The molecule has 3 aromatic carbocycles. The lowest BCUT2D eigenvalue weighted by atomic mass is 10.1. The van der Waals surface area contributed by atoms with E-state index in [9.17, 15) is 4.79 Å². The van der Waals surface area contributed by atoms with E-state index in [1.165, 1.54) is 0 Å². The number of rotatable bonds is 6. The van der Waals surface area contributed by atoms with E-state index in [-0.39, 0.29) is 12.5 Å². The zero-order valence-electron chi connectivity index (χ0n) is 14.5. The lowest BCUT2D eigenvalue weighted by Crippen LogP contribution is -2.12. The van der Waals surface area contributed by atoms with Crippen LogP contribution in [0.3, 0.4) is 0 Å². The first kappa shape index (κ1) is 19.3. The fraction of sp³-hybridized carbons (Fsp3) is 0.0952. The number of anilines is 1. The molecule has 1 amide bonds. The molecule has 6 heteroatoms. The van der Waals surface area contributed by atoms with Crippen molar-refractivity contribution in [2.24, 2.45) is 0 Å². The molecule has 0 bridgehead atoms. The van der Waals surface area contributed by atoms with E-state index in [1.807, 2.05) is 36.4 Å². The van der Waals surface area contributed by atoms with E-state index in [1.54, 1.807) is 37.4 Å². The first-order valence-electron chi connectivity index (χ1n) is 8.17. The van der Waals surface area contributed by atoms with Crippen LogP contribution in [0.15, 0.2) is 71.2 Å². The summed E-state index contributed by atoms with van der Waals surface area (Å²) in [4.78, 5) is 12.5. The van der Waals surface area contributed by atoms with Crippen LogP contribution in [0.4, 0.5) is 5.69 Å². The monoisotopic (exact) mass is 445 g/mol. The smallest absolute Gasteiger partial charge is 0.255 e. The number of ether oxygens (including phenoxy) is 2. The van der Waals surface area contributed by atoms with E-state index in [4.69, 9.17) is 21.1 Å². The van der Waals surface area contributed by atoms with Gasteiger partial charge < -0.3 is 14.8 Å². The largest absolute Gasteiger partial charge is 0.496 e. The molecule has 0 heterocycles. The molecule has 0 atom stereocenters. The molecule has 0 fully saturated rings. The standard InChI is InChI=1S/C21H17BrClNO3/c1-26-20-10-5-14(21(25)24-18-8-6-16(22)7-9-18)11-15(20)13-27-19-4-2-3-17(23)12-19/h2-12H,13H2,1H3,(H,24,25). The van der Waals surface area contributed by atoms with E-state index in [0.717, 1.165) is 15.7 Å². The Bertz CT molecular complexity index is 944. The van der Waals surface area contributed by atoms with Gasteiger partial charge in [-0.2, -0.15) is 0 Å². The number of nitrogens with one attached hydrogen (secondary N) is 1. The van der Waals surface area contributed by atoms with Crippen molar-refractivity contribution in [3.8, 4) is 11.5 Å². The Hall–Kier alpha value is -2.50. The molecule has 138 valence electrons. The van der Waals surface area contributed by atoms with E-state index >= 15 is 0 Å². The minimum Gasteiger partial charge on any atom is -0.496 e. The summed E-state index contributed by atoms with van der Waals surface area (Å²) in [5.41, 5.74) is 2.00. The van der Waals surface area contributed by atoms with Crippen LogP contribution >= 0.6 is 27.5 Å². The average molecular weight is 447 g/mol. The third-order valence-corrected chi connectivity index (χ3v) is 4.60. The number of carbonyl (C=O) groups excluding carboxylic acids is 1. The van der Waals surface area contributed by atoms with E-state index < -0.39 is 0 Å². The van der Waals surface area contributed by atoms with Crippen molar-refractivity contribution < 1.29 is 14.3 Å². The van der Waals surface area contributed by atoms with Gasteiger partial charge in [-0.3, -0.25) is 4.79 Å². The molecule has 0 saturated heterocycles. The summed E-state index contributed by atoms with van der Waals surface area (Å²) in [6.45, 7) is 0.253. The minimum absolute atomic E-state index is 0.205. The summed E-state index contributed by atoms with van der Waals surface area (Å²) in [6, 6.07) is 19.8. The molecular formula is C21H17BrClNO3. The Kier molecular flexibility index (Phi) is 6.37. The Morgan fingerprint density at radius 2 is 1.85 bits per heavy atom. The fourth-order valence-electron chi connectivity index (χ4n) is 2.49. The number of carbonyl (C=O) groups is 1. The molecule has 0 aromatic heterocycles. The van der Waals surface area contributed by atoms with Crippen LogP contribution in [0.2, 0.25) is 5.02 Å². The topological polar surface area (TPSA) is 47.6 Å². The van der Waals surface area contributed by atoms with Crippen molar-refractivity contribution in [2.75, 3.05) is 12.4 Å². The molecule has 0 aliphatic rings. The Labute approximate surface area is 171 Å². The summed E-state index contributed by atoms with van der Waals surface area (Å²) >= 11 is 9.35. The first-order valence-corrected chi connectivity index (χ1v) is 9.34. The Morgan fingerprint density at radius 1 is 1.07 bits per heavy atom. The van der Waals surface area contributed by atoms with Crippen LogP contribution < -0.4 is 14.8 Å². The number of halogens is 2. The highest BCUT2D eigenvalue weighted by Gasteiger charge is 2.11. The van der Waals surface area contributed by atoms with Gasteiger partial charge in [0.2, 0.25) is 0 Å². The second kappa shape index (κ2) is 8.93. The summed E-state index contributed by atoms with van der Waals surface area (Å²) in [5, 5.41) is 3.47. The quantitative estimate of drug-likeness (QED) is 0.509. The SMILES string of the molecule is COc1ccc(C(=O)Nc2ccc(Br)cc2)cc1COc1cccc(Cl)c1. The second-order valence-corrected chi connectivity index (χ2v) is 7.09. The van der Waals surface area contributed by atoms with Crippen molar-refractivity contribution in [1.82, 2.24) is 0 Å². The molecule has 0 spiro atoms. The van der Waals surface area contributed by atoms with Crippen LogP contribution in [0.5, 0.6) is 11.5 Å². The van der Waals surface area contributed by atoms with Gasteiger partial charge in [-0.15, -0.1) is 0 Å².